The Morgan fingerprint density at radius 2 is 2.00 bits per heavy atom. The lowest BCUT2D eigenvalue weighted by Gasteiger charge is -2.29. The van der Waals surface area contributed by atoms with Crippen molar-refractivity contribution >= 4 is 0 Å². The number of fused-ring (bicyclic) bond motifs is 2. The second-order valence-corrected chi connectivity index (χ2v) is 6.39. The fourth-order valence-corrected chi connectivity index (χ4v) is 3.51. The van der Waals surface area contributed by atoms with E-state index in [1.165, 1.54) is 25.8 Å². The summed E-state index contributed by atoms with van der Waals surface area (Å²) in [6.07, 6.45) is 8.97. The van der Waals surface area contributed by atoms with E-state index < -0.39 is 0 Å². The molecule has 2 aliphatic carbocycles. The zero-order valence-electron chi connectivity index (χ0n) is 11.8. The molecule has 0 heterocycles. The number of allylic oxidation sites excluding steroid dienone is 2. The number of nitrogens with zero attached hydrogens (tertiary/aromatic N) is 1. The average Bonchev–Trinajstić information content (AvgIpc) is 2.87. The first-order chi connectivity index (χ1) is 8.06. The van der Waals surface area contributed by atoms with Gasteiger partial charge in [0, 0.05) is 12.1 Å². The third-order valence-corrected chi connectivity index (χ3v) is 4.53. The fraction of sp³-hybridized carbons (Fsp3) is 0.867. The van der Waals surface area contributed by atoms with Crippen LogP contribution in [0.15, 0.2) is 12.2 Å². The second-order valence-electron chi connectivity index (χ2n) is 6.39. The minimum Gasteiger partial charge on any atom is -0.311 e. The zero-order valence-corrected chi connectivity index (χ0v) is 11.8. The molecular formula is C15H28N2. The Kier molecular flexibility index (Phi) is 4.26. The van der Waals surface area contributed by atoms with Crippen molar-refractivity contribution in [2.45, 2.75) is 45.2 Å². The van der Waals surface area contributed by atoms with Gasteiger partial charge in [-0.1, -0.05) is 12.2 Å². The van der Waals surface area contributed by atoms with Crippen LogP contribution in [0.1, 0.15) is 33.1 Å². The first-order valence-electron chi connectivity index (χ1n) is 7.15. The molecule has 0 aromatic carbocycles. The van der Waals surface area contributed by atoms with Gasteiger partial charge in [-0.3, -0.25) is 0 Å². The Bertz CT molecular complexity index is 272. The maximum absolute atomic E-state index is 3.80. The second kappa shape index (κ2) is 5.53. The van der Waals surface area contributed by atoms with Crippen molar-refractivity contribution in [1.82, 2.24) is 10.2 Å². The van der Waals surface area contributed by atoms with Crippen molar-refractivity contribution in [3.63, 3.8) is 0 Å². The van der Waals surface area contributed by atoms with Crippen molar-refractivity contribution in [2.75, 3.05) is 20.6 Å². The molecule has 0 aliphatic heterocycles. The molecule has 2 bridgehead atoms. The van der Waals surface area contributed by atoms with Gasteiger partial charge in [-0.05, 0) is 71.5 Å². The van der Waals surface area contributed by atoms with Crippen LogP contribution in [-0.2, 0) is 0 Å². The minimum atomic E-state index is 0.635. The Morgan fingerprint density at radius 1 is 1.24 bits per heavy atom. The van der Waals surface area contributed by atoms with E-state index in [1.54, 1.807) is 0 Å². The van der Waals surface area contributed by atoms with Gasteiger partial charge in [0.2, 0.25) is 0 Å². The standard InChI is InChI=1S/C15H28N2/c1-11(7-8-17(3)4)16-12(2)15-10-13-5-6-14(15)9-13/h5-6,11-16H,7-10H2,1-4H3. The number of hydrogen-bond acceptors (Lipinski definition) is 2. The van der Waals surface area contributed by atoms with E-state index in [4.69, 9.17) is 0 Å². The van der Waals surface area contributed by atoms with Crippen LogP contribution in [0.3, 0.4) is 0 Å². The van der Waals surface area contributed by atoms with Gasteiger partial charge in [-0.15, -0.1) is 0 Å². The quantitative estimate of drug-likeness (QED) is 0.713. The summed E-state index contributed by atoms with van der Waals surface area (Å²) in [6.45, 7) is 5.88. The molecule has 0 aromatic rings. The summed E-state index contributed by atoms with van der Waals surface area (Å²) in [7, 11) is 4.30. The maximum atomic E-state index is 3.80. The normalized spacial score (nSPS) is 34.5. The van der Waals surface area contributed by atoms with E-state index in [-0.39, 0.29) is 0 Å². The SMILES string of the molecule is CC(CCN(C)C)NC(C)C1CC2C=CC1C2. The molecule has 1 fully saturated rings. The number of rotatable bonds is 6. The molecule has 2 rings (SSSR count). The van der Waals surface area contributed by atoms with E-state index in [2.05, 4.69) is 50.3 Å². The van der Waals surface area contributed by atoms with Gasteiger partial charge >= 0.3 is 0 Å². The molecule has 5 atom stereocenters. The van der Waals surface area contributed by atoms with Crippen LogP contribution in [-0.4, -0.2) is 37.6 Å². The molecule has 5 unspecified atom stereocenters. The highest BCUT2D eigenvalue weighted by Crippen LogP contribution is 2.44. The molecule has 0 radical (unpaired) electrons. The van der Waals surface area contributed by atoms with Gasteiger partial charge < -0.3 is 10.2 Å². The van der Waals surface area contributed by atoms with E-state index in [0.717, 1.165) is 17.8 Å². The van der Waals surface area contributed by atoms with Gasteiger partial charge in [-0.2, -0.15) is 0 Å². The first-order valence-corrected chi connectivity index (χ1v) is 7.15. The highest BCUT2D eigenvalue weighted by molar-refractivity contribution is 5.11. The molecule has 0 spiro atoms. The molecular weight excluding hydrogens is 208 g/mol. The topological polar surface area (TPSA) is 15.3 Å². The Balaban J connectivity index is 1.73. The summed E-state index contributed by atoms with van der Waals surface area (Å²) in [5.74, 6) is 2.64. The highest BCUT2D eigenvalue weighted by atomic mass is 15.1. The van der Waals surface area contributed by atoms with Crippen LogP contribution in [0.2, 0.25) is 0 Å². The van der Waals surface area contributed by atoms with Gasteiger partial charge in [0.15, 0.2) is 0 Å². The van der Waals surface area contributed by atoms with Crippen molar-refractivity contribution in [2.24, 2.45) is 17.8 Å². The third-order valence-electron chi connectivity index (χ3n) is 4.53. The van der Waals surface area contributed by atoms with Crippen LogP contribution in [0.25, 0.3) is 0 Å². The van der Waals surface area contributed by atoms with Crippen molar-refractivity contribution < 1.29 is 0 Å². The monoisotopic (exact) mass is 236 g/mol. The van der Waals surface area contributed by atoms with E-state index >= 15 is 0 Å². The molecule has 2 nitrogen and oxygen atoms in total. The molecule has 0 saturated heterocycles. The summed E-state index contributed by atoms with van der Waals surface area (Å²) < 4.78 is 0. The largest absolute Gasteiger partial charge is 0.311 e. The van der Waals surface area contributed by atoms with E-state index in [9.17, 15) is 0 Å². The average molecular weight is 236 g/mol. The molecule has 1 N–H and O–H groups in total. The lowest BCUT2D eigenvalue weighted by molar-refractivity contribution is 0.286. The van der Waals surface area contributed by atoms with Crippen LogP contribution in [0.4, 0.5) is 0 Å². The molecule has 1 saturated carbocycles. The predicted octanol–water partition coefficient (Wildman–Crippen LogP) is 2.52. The number of nitrogens with one attached hydrogen (secondary N) is 1. The molecule has 98 valence electrons. The summed E-state index contributed by atoms with van der Waals surface area (Å²) in [4.78, 5) is 2.27. The minimum absolute atomic E-state index is 0.635. The Hall–Kier alpha value is -0.340. The summed E-state index contributed by atoms with van der Waals surface area (Å²) in [6, 6.07) is 1.31. The smallest absolute Gasteiger partial charge is 0.00753 e. The van der Waals surface area contributed by atoms with Crippen molar-refractivity contribution in [3.05, 3.63) is 12.2 Å². The Labute approximate surface area is 106 Å². The summed E-state index contributed by atoms with van der Waals surface area (Å²) >= 11 is 0. The molecule has 2 heteroatoms. The lowest BCUT2D eigenvalue weighted by atomic mass is 9.87. The molecule has 0 amide bonds. The van der Waals surface area contributed by atoms with Crippen LogP contribution < -0.4 is 5.32 Å². The van der Waals surface area contributed by atoms with E-state index in [1.807, 2.05) is 0 Å². The fourth-order valence-electron chi connectivity index (χ4n) is 3.51. The van der Waals surface area contributed by atoms with Gasteiger partial charge in [0.05, 0.1) is 0 Å². The number of hydrogen-bond donors (Lipinski definition) is 1. The van der Waals surface area contributed by atoms with E-state index in [0.29, 0.717) is 12.1 Å². The van der Waals surface area contributed by atoms with Gasteiger partial charge in [0.25, 0.3) is 0 Å². The predicted molar refractivity (Wildman–Crippen MR) is 74.1 cm³/mol. The first kappa shape index (κ1) is 13.1. The third kappa shape index (κ3) is 3.32. The van der Waals surface area contributed by atoms with Crippen molar-refractivity contribution in [1.29, 1.82) is 0 Å². The van der Waals surface area contributed by atoms with Crippen LogP contribution in [0.5, 0.6) is 0 Å². The van der Waals surface area contributed by atoms with Crippen LogP contribution >= 0.6 is 0 Å². The molecule has 0 aromatic heterocycles. The highest BCUT2D eigenvalue weighted by Gasteiger charge is 2.38. The van der Waals surface area contributed by atoms with Gasteiger partial charge in [-0.25, -0.2) is 0 Å². The molecule has 17 heavy (non-hydrogen) atoms. The molecule has 2 aliphatic rings. The summed E-state index contributed by atoms with van der Waals surface area (Å²) in [5, 5.41) is 3.80. The lowest BCUT2D eigenvalue weighted by Crippen LogP contribution is -2.41. The van der Waals surface area contributed by atoms with Crippen LogP contribution in [0, 0.1) is 17.8 Å². The van der Waals surface area contributed by atoms with Crippen molar-refractivity contribution in [3.8, 4) is 0 Å². The summed E-state index contributed by atoms with van der Waals surface area (Å²) in [5.41, 5.74) is 0. The maximum Gasteiger partial charge on any atom is 0.00753 e. The Morgan fingerprint density at radius 3 is 2.53 bits per heavy atom. The van der Waals surface area contributed by atoms with Gasteiger partial charge in [0.1, 0.15) is 0 Å². The zero-order chi connectivity index (χ0) is 12.4.